The molecule has 2 rings (SSSR count). The van der Waals surface area contributed by atoms with Crippen molar-refractivity contribution < 1.29 is 38.7 Å². The second-order valence-electron chi connectivity index (χ2n) is 5.84. The van der Waals surface area contributed by atoms with E-state index in [0.717, 1.165) is 0 Å². The number of methoxy groups -OCH3 is 4. The fraction of sp³-hybridized carbons (Fsp3) is 0.300. The summed E-state index contributed by atoms with van der Waals surface area (Å²) in [5.74, 6) is -0.0893. The lowest BCUT2D eigenvalue weighted by molar-refractivity contribution is 0.0681. The first kappa shape index (κ1) is 22.2. The molecule has 0 saturated heterocycles. The van der Waals surface area contributed by atoms with Crippen molar-refractivity contribution in [2.45, 2.75) is 11.5 Å². The van der Waals surface area contributed by atoms with Gasteiger partial charge in [-0.15, -0.1) is 0 Å². The van der Waals surface area contributed by atoms with Crippen LogP contribution in [0.15, 0.2) is 24.3 Å². The van der Waals surface area contributed by atoms with Crippen LogP contribution >= 0.6 is 11.8 Å². The molecule has 9 heteroatoms. The van der Waals surface area contributed by atoms with E-state index >= 15 is 0 Å². The van der Waals surface area contributed by atoms with Gasteiger partial charge in [0.25, 0.3) is 0 Å². The second-order valence-corrected chi connectivity index (χ2v) is 6.82. The third-order valence-corrected chi connectivity index (χ3v) is 5.16. The number of carboxylic acid groups (broad SMARTS) is 2. The van der Waals surface area contributed by atoms with Crippen LogP contribution in [0.1, 0.15) is 31.8 Å². The van der Waals surface area contributed by atoms with E-state index in [-0.39, 0.29) is 22.6 Å². The first-order valence-corrected chi connectivity index (χ1v) is 9.55. The Balaban J connectivity index is 2.32. The van der Waals surface area contributed by atoms with Crippen LogP contribution in [0.3, 0.4) is 0 Å². The number of hydrogen-bond acceptors (Lipinski definition) is 7. The molecule has 0 aliphatic carbocycles. The molecule has 8 nitrogen and oxygen atoms in total. The van der Waals surface area contributed by atoms with Crippen LogP contribution in [0.2, 0.25) is 0 Å². The number of aromatic carboxylic acids is 2. The normalized spacial score (nSPS) is 10.3. The molecule has 0 atom stereocenters. The number of ether oxygens (including phenoxy) is 4. The lowest BCUT2D eigenvalue weighted by atomic mass is 10.1. The molecule has 0 aromatic heterocycles. The molecule has 0 saturated carbocycles. The smallest absolute Gasteiger partial charge is 0.339 e. The highest BCUT2D eigenvalue weighted by Crippen LogP contribution is 2.36. The monoisotopic (exact) mass is 422 g/mol. The minimum Gasteiger partial charge on any atom is -0.497 e. The third-order valence-electron chi connectivity index (χ3n) is 4.13. The highest BCUT2D eigenvalue weighted by molar-refractivity contribution is 7.97. The van der Waals surface area contributed by atoms with Crippen molar-refractivity contribution in [1.29, 1.82) is 0 Å². The summed E-state index contributed by atoms with van der Waals surface area (Å²) in [5, 5.41) is 18.8. The fourth-order valence-electron chi connectivity index (χ4n) is 2.84. The van der Waals surface area contributed by atoms with Gasteiger partial charge in [0.05, 0.1) is 28.4 Å². The highest BCUT2D eigenvalue weighted by atomic mass is 32.2. The zero-order chi connectivity index (χ0) is 21.6. The van der Waals surface area contributed by atoms with Crippen molar-refractivity contribution >= 4 is 23.7 Å². The summed E-state index contributed by atoms with van der Waals surface area (Å²) >= 11 is 1.44. The maximum absolute atomic E-state index is 11.5. The molecule has 2 aromatic rings. The zero-order valence-corrected chi connectivity index (χ0v) is 17.3. The number of carbonyl (C=O) groups is 2. The van der Waals surface area contributed by atoms with E-state index in [1.54, 1.807) is 12.1 Å². The Bertz CT molecular complexity index is 836. The van der Waals surface area contributed by atoms with Crippen LogP contribution in [0, 0.1) is 0 Å². The summed E-state index contributed by atoms with van der Waals surface area (Å²) in [5.41, 5.74) is 1.31. The van der Waals surface area contributed by atoms with E-state index in [1.165, 1.54) is 52.3 Å². The molecule has 0 amide bonds. The molecule has 29 heavy (non-hydrogen) atoms. The average molecular weight is 422 g/mol. The van der Waals surface area contributed by atoms with Crippen LogP contribution in [0.5, 0.6) is 23.0 Å². The van der Waals surface area contributed by atoms with Crippen LogP contribution in [-0.2, 0) is 11.5 Å². The number of carboxylic acids is 2. The van der Waals surface area contributed by atoms with Crippen molar-refractivity contribution in [1.82, 2.24) is 0 Å². The minimum atomic E-state index is -1.12. The zero-order valence-electron chi connectivity index (χ0n) is 16.5. The Morgan fingerprint density at radius 1 is 0.724 bits per heavy atom. The molecule has 2 aromatic carbocycles. The molecular weight excluding hydrogens is 400 g/mol. The van der Waals surface area contributed by atoms with E-state index in [0.29, 0.717) is 34.1 Å². The van der Waals surface area contributed by atoms with Gasteiger partial charge in [-0.05, 0) is 24.3 Å². The Morgan fingerprint density at radius 3 is 1.38 bits per heavy atom. The number of thioether (sulfide) groups is 1. The quantitative estimate of drug-likeness (QED) is 0.593. The molecule has 0 unspecified atom stereocenters. The van der Waals surface area contributed by atoms with Crippen molar-refractivity contribution in [3.05, 3.63) is 46.5 Å². The molecule has 2 N–H and O–H groups in total. The van der Waals surface area contributed by atoms with E-state index in [1.807, 2.05) is 0 Å². The van der Waals surface area contributed by atoms with Gasteiger partial charge in [0.15, 0.2) is 0 Å². The van der Waals surface area contributed by atoms with E-state index in [9.17, 15) is 19.8 Å². The SMILES string of the molecule is COc1cc(CSCc2cc(OC)cc(C(=O)O)c2OC)c(OC)c(C(=O)O)c1. The summed E-state index contributed by atoms with van der Waals surface area (Å²) in [6.45, 7) is 0. The maximum Gasteiger partial charge on any atom is 0.339 e. The summed E-state index contributed by atoms with van der Waals surface area (Å²) in [4.78, 5) is 23.0. The van der Waals surface area contributed by atoms with Gasteiger partial charge in [-0.25, -0.2) is 9.59 Å². The summed E-state index contributed by atoms with van der Waals surface area (Å²) in [6, 6.07) is 6.23. The molecule has 0 bridgehead atoms. The second kappa shape index (κ2) is 9.92. The van der Waals surface area contributed by atoms with Gasteiger partial charge in [0.1, 0.15) is 34.1 Å². The molecule has 0 aliphatic rings. The predicted octanol–water partition coefficient (Wildman–Crippen LogP) is 3.55. The molecule has 0 fully saturated rings. The van der Waals surface area contributed by atoms with Gasteiger partial charge in [0, 0.05) is 22.6 Å². The molecule has 0 aliphatic heterocycles. The molecular formula is C20H22O8S. The van der Waals surface area contributed by atoms with E-state index in [2.05, 4.69) is 0 Å². The number of hydrogen-bond donors (Lipinski definition) is 2. The third kappa shape index (κ3) is 5.05. The lowest BCUT2D eigenvalue weighted by Crippen LogP contribution is -2.05. The van der Waals surface area contributed by atoms with Crippen molar-refractivity contribution in [3.63, 3.8) is 0 Å². The van der Waals surface area contributed by atoms with Gasteiger partial charge in [0.2, 0.25) is 0 Å². The summed E-state index contributed by atoms with van der Waals surface area (Å²) < 4.78 is 21.0. The summed E-state index contributed by atoms with van der Waals surface area (Å²) in [6.07, 6.45) is 0. The van der Waals surface area contributed by atoms with Gasteiger partial charge < -0.3 is 29.2 Å². The van der Waals surface area contributed by atoms with Crippen LogP contribution in [0.25, 0.3) is 0 Å². The molecule has 0 radical (unpaired) electrons. The fourth-order valence-corrected chi connectivity index (χ4v) is 3.81. The molecule has 0 spiro atoms. The lowest BCUT2D eigenvalue weighted by Gasteiger charge is -2.15. The van der Waals surface area contributed by atoms with Gasteiger partial charge >= 0.3 is 11.9 Å². The number of rotatable bonds is 10. The summed E-state index contributed by atoms with van der Waals surface area (Å²) in [7, 11) is 5.73. The molecule has 156 valence electrons. The van der Waals surface area contributed by atoms with Gasteiger partial charge in [-0.3, -0.25) is 0 Å². The van der Waals surface area contributed by atoms with Crippen molar-refractivity contribution in [2.24, 2.45) is 0 Å². The van der Waals surface area contributed by atoms with Crippen molar-refractivity contribution in [2.75, 3.05) is 28.4 Å². The van der Waals surface area contributed by atoms with Crippen LogP contribution in [-0.4, -0.2) is 50.6 Å². The van der Waals surface area contributed by atoms with Gasteiger partial charge in [-0.1, -0.05) is 0 Å². The minimum absolute atomic E-state index is 0.00887. The van der Waals surface area contributed by atoms with Crippen molar-refractivity contribution in [3.8, 4) is 23.0 Å². The van der Waals surface area contributed by atoms with Crippen LogP contribution in [0.4, 0.5) is 0 Å². The first-order valence-electron chi connectivity index (χ1n) is 8.40. The van der Waals surface area contributed by atoms with E-state index < -0.39 is 11.9 Å². The Morgan fingerprint density at radius 2 is 1.10 bits per heavy atom. The number of benzene rings is 2. The van der Waals surface area contributed by atoms with Crippen LogP contribution < -0.4 is 18.9 Å². The highest BCUT2D eigenvalue weighted by Gasteiger charge is 2.20. The Hall–Kier alpha value is -3.07. The largest absolute Gasteiger partial charge is 0.497 e. The Labute approximate surface area is 172 Å². The standard InChI is InChI=1S/C20H22O8S/c1-25-13-5-11(17(27-3)15(7-13)19(21)22)9-29-10-12-6-14(26-2)8-16(20(23)24)18(12)28-4/h5-8H,9-10H2,1-4H3,(H,21,22)(H,23,24). The molecule has 0 heterocycles. The van der Waals surface area contributed by atoms with E-state index in [4.69, 9.17) is 18.9 Å². The maximum atomic E-state index is 11.5. The first-order chi connectivity index (χ1) is 13.9. The Kier molecular flexibility index (Phi) is 7.60. The topological polar surface area (TPSA) is 112 Å². The predicted molar refractivity (Wildman–Crippen MR) is 108 cm³/mol. The average Bonchev–Trinajstić information content (AvgIpc) is 2.72. The van der Waals surface area contributed by atoms with Gasteiger partial charge in [-0.2, -0.15) is 11.8 Å².